The first-order valence-electron chi connectivity index (χ1n) is 9.02. The molecule has 0 saturated heterocycles. The van der Waals surface area contributed by atoms with E-state index in [1.807, 2.05) is 61.5 Å². The van der Waals surface area contributed by atoms with Gasteiger partial charge in [0.15, 0.2) is 5.75 Å². The zero-order chi connectivity index (χ0) is 20.4. The summed E-state index contributed by atoms with van der Waals surface area (Å²) in [4.78, 5) is 1.46. The number of methoxy groups -OCH3 is 1. The van der Waals surface area contributed by atoms with Crippen LogP contribution in [0.5, 0.6) is 5.75 Å². The topological polar surface area (TPSA) is 86.1 Å². The molecule has 0 bridgehead atoms. The van der Waals surface area contributed by atoms with Gasteiger partial charge in [-0.2, -0.15) is 0 Å². The molecule has 0 saturated carbocycles. The van der Waals surface area contributed by atoms with Gasteiger partial charge in [-0.15, -0.1) is 15.0 Å². The molecule has 0 aliphatic rings. The minimum absolute atomic E-state index is 0.0484. The van der Waals surface area contributed by atoms with E-state index in [0.29, 0.717) is 16.7 Å². The Hall–Kier alpha value is -3.23. The third-order valence-electron chi connectivity index (χ3n) is 4.48. The number of aromatic nitrogens is 3. The van der Waals surface area contributed by atoms with E-state index >= 15 is 0 Å². The second-order valence-corrected chi connectivity index (χ2v) is 8.34. The quantitative estimate of drug-likeness (QED) is 0.529. The van der Waals surface area contributed by atoms with Crippen molar-refractivity contribution in [3.8, 4) is 11.4 Å². The maximum Gasteiger partial charge on any atom is 0.244 e. The molecule has 1 heterocycles. The van der Waals surface area contributed by atoms with Crippen LogP contribution < -0.4 is 9.46 Å². The van der Waals surface area contributed by atoms with Crippen LogP contribution in [-0.4, -0.2) is 30.5 Å². The van der Waals surface area contributed by atoms with Gasteiger partial charge in [-0.1, -0.05) is 42.5 Å². The highest BCUT2D eigenvalue weighted by Gasteiger charge is 2.24. The molecule has 4 aromatic rings. The Labute approximate surface area is 169 Å². The second-order valence-electron chi connectivity index (χ2n) is 6.60. The molecular weight excluding hydrogens is 388 g/mol. The lowest BCUT2D eigenvalue weighted by Gasteiger charge is -2.15. The zero-order valence-corrected chi connectivity index (χ0v) is 16.8. The monoisotopic (exact) mass is 408 g/mol. The smallest absolute Gasteiger partial charge is 0.244 e. The van der Waals surface area contributed by atoms with Crippen LogP contribution in [-0.2, 0) is 16.6 Å². The van der Waals surface area contributed by atoms with E-state index in [4.69, 9.17) is 4.74 Å². The van der Waals surface area contributed by atoms with E-state index in [1.165, 1.54) is 11.9 Å². The van der Waals surface area contributed by atoms with E-state index in [9.17, 15) is 8.42 Å². The number of nitrogens with one attached hydrogen (secondary N) is 1. The second kappa shape index (κ2) is 7.65. The standard InChI is InChI=1S/C21H20N4O3S/c1-15-12-19(25-23-17-10-6-7-11-18(17)24-25)21(28-2)20(13-15)29(26,27)22-14-16-8-4-3-5-9-16/h3-13,22H,14H2,1-2H3. The molecule has 0 atom stereocenters. The number of hydrogen-bond acceptors (Lipinski definition) is 5. The SMILES string of the molecule is COc1c(-n2nc3ccccc3n2)cc(C)cc1S(=O)(=O)NCc1ccccc1. The van der Waals surface area contributed by atoms with Gasteiger partial charge >= 0.3 is 0 Å². The fraction of sp³-hybridized carbons (Fsp3) is 0.143. The number of nitrogens with zero attached hydrogens (tertiary/aromatic N) is 3. The lowest BCUT2D eigenvalue weighted by atomic mass is 10.2. The highest BCUT2D eigenvalue weighted by molar-refractivity contribution is 7.89. The Morgan fingerprint density at radius 2 is 1.59 bits per heavy atom. The molecular formula is C21H20N4O3S. The van der Waals surface area contributed by atoms with Crippen LogP contribution in [0.4, 0.5) is 0 Å². The van der Waals surface area contributed by atoms with Crippen molar-refractivity contribution in [2.45, 2.75) is 18.4 Å². The zero-order valence-electron chi connectivity index (χ0n) is 16.0. The van der Waals surface area contributed by atoms with Crippen LogP contribution >= 0.6 is 0 Å². The van der Waals surface area contributed by atoms with Crippen molar-refractivity contribution in [1.82, 2.24) is 19.7 Å². The van der Waals surface area contributed by atoms with Gasteiger partial charge < -0.3 is 4.74 Å². The minimum atomic E-state index is -3.83. The van der Waals surface area contributed by atoms with Gasteiger partial charge in [0, 0.05) is 6.54 Å². The van der Waals surface area contributed by atoms with E-state index in [1.54, 1.807) is 12.1 Å². The van der Waals surface area contributed by atoms with Gasteiger partial charge in [0.2, 0.25) is 10.0 Å². The van der Waals surface area contributed by atoms with Crippen LogP contribution in [0.3, 0.4) is 0 Å². The van der Waals surface area contributed by atoms with Gasteiger partial charge in [-0.05, 0) is 42.3 Å². The van der Waals surface area contributed by atoms with Crippen LogP contribution in [0.2, 0.25) is 0 Å². The van der Waals surface area contributed by atoms with Crippen LogP contribution in [0, 0.1) is 6.92 Å². The van der Waals surface area contributed by atoms with E-state index in [0.717, 1.165) is 11.1 Å². The molecule has 0 aliphatic heterocycles. The molecule has 148 valence electrons. The molecule has 7 nitrogen and oxygen atoms in total. The van der Waals surface area contributed by atoms with Gasteiger partial charge in [0.1, 0.15) is 21.6 Å². The Balaban J connectivity index is 1.77. The number of ether oxygens (including phenoxy) is 1. The van der Waals surface area contributed by atoms with Gasteiger partial charge in [-0.25, -0.2) is 13.1 Å². The van der Waals surface area contributed by atoms with Crippen LogP contribution in [0.15, 0.2) is 71.6 Å². The fourth-order valence-corrected chi connectivity index (χ4v) is 4.38. The lowest BCUT2D eigenvalue weighted by molar-refractivity contribution is 0.397. The molecule has 3 aromatic carbocycles. The number of sulfonamides is 1. The van der Waals surface area contributed by atoms with E-state index in [2.05, 4.69) is 14.9 Å². The molecule has 0 radical (unpaired) electrons. The summed E-state index contributed by atoms with van der Waals surface area (Å²) in [6, 6.07) is 20.2. The molecule has 0 aliphatic carbocycles. The van der Waals surface area contributed by atoms with Crippen LogP contribution in [0.25, 0.3) is 16.7 Å². The van der Waals surface area contributed by atoms with Gasteiger partial charge in [-0.3, -0.25) is 0 Å². The molecule has 29 heavy (non-hydrogen) atoms. The summed E-state index contributed by atoms with van der Waals surface area (Å²) < 4.78 is 34.2. The first kappa shape index (κ1) is 19.1. The largest absolute Gasteiger partial charge is 0.493 e. The minimum Gasteiger partial charge on any atom is -0.493 e. The third kappa shape index (κ3) is 3.85. The van der Waals surface area contributed by atoms with E-state index in [-0.39, 0.29) is 17.2 Å². The van der Waals surface area contributed by atoms with Crippen molar-refractivity contribution in [3.63, 3.8) is 0 Å². The number of hydrogen-bond donors (Lipinski definition) is 1. The fourth-order valence-electron chi connectivity index (χ4n) is 3.09. The lowest BCUT2D eigenvalue weighted by Crippen LogP contribution is -2.24. The summed E-state index contributed by atoms with van der Waals surface area (Å²) in [7, 11) is -2.39. The Kier molecular flexibility index (Phi) is 5.04. The Morgan fingerprint density at radius 3 is 2.21 bits per heavy atom. The van der Waals surface area contributed by atoms with Crippen molar-refractivity contribution < 1.29 is 13.2 Å². The predicted octanol–water partition coefficient (Wildman–Crippen LogP) is 3.22. The van der Waals surface area contributed by atoms with Crippen molar-refractivity contribution in [2.24, 2.45) is 0 Å². The maximum absolute atomic E-state index is 13.1. The van der Waals surface area contributed by atoms with Gasteiger partial charge in [0.05, 0.1) is 7.11 Å². The van der Waals surface area contributed by atoms with Crippen molar-refractivity contribution in [2.75, 3.05) is 7.11 Å². The molecule has 0 unspecified atom stereocenters. The molecule has 1 aromatic heterocycles. The summed E-state index contributed by atoms with van der Waals surface area (Å²) >= 11 is 0. The molecule has 0 amide bonds. The summed E-state index contributed by atoms with van der Waals surface area (Å²) in [6.45, 7) is 2.00. The Morgan fingerprint density at radius 1 is 0.966 bits per heavy atom. The highest BCUT2D eigenvalue weighted by Crippen LogP contribution is 2.32. The first-order valence-corrected chi connectivity index (χ1v) is 10.5. The molecule has 4 rings (SSSR count). The van der Waals surface area contributed by atoms with Crippen molar-refractivity contribution >= 4 is 21.1 Å². The number of rotatable bonds is 6. The van der Waals surface area contributed by atoms with Crippen molar-refractivity contribution in [1.29, 1.82) is 0 Å². The molecule has 0 spiro atoms. The summed E-state index contributed by atoms with van der Waals surface area (Å²) in [6.07, 6.45) is 0. The Bertz CT molecular complexity index is 1230. The van der Waals surface area contributed by atoms with Gasteiger partial charge in [0.25, 0.3) is 0 Å². The predicted molar refractivity (Wildman–Crippen MR) is 111 cm³/mol. The first-order chi connectivity index (χ1) is 14.0. The van der Waals surface area contributed by atoms with Crippen molar-refractivity contribution in [3.05, 3.63) is 77.9 Å². The summed E-state index contributed by atoms with van der Waals surface area (Å²) in [5.41, 5.74) is 3.50. The third-order valence-corrected chi connectivity index (χ3v) is 5.89. The molecule has 8 heteroatoms. The number of aryl methyl sites for hydroxylation is 1. The maximum atomic E-state index is 13.1. The normalized spacial score (nSPS) is 11.7. The van der Waals surface area contributed by atoms with E-state index < -0.39 is 10.0 Å². The molecule has 1 N–H and O–H groups in total. The molecule has 0 fully saturated rings. The average molecular weight is 408 g/mol. The van der Waals surface area contributed by atoms with Crippen LogP contribution in [0.1, 0.15) is 11.1 Å². The number of benzene rings is 3. The summed E-state index contributed by atoms with van der Waals surface area (Å²) in [5.74, 6) is 0.191. The highest BCUT2D eigenvalue weighted by atomic mass is 32.2. The number of fused-ring (bicyclic) bond motifs is 1. The average Bonchev–Trinajstić information content (AvgIpc) is 3.16. The summed E-state index contributed by atoms with van der Waals surface area (Å²) in [5, 5.41) is 8.92.